The maximum absolute atomic E-state index is 12.5. The molecule has 1 fully saturated rings. The summed E-state index contributed by atoms with van der Waals surface area (Å²) in [6, 6.07) is 9.42. The van der Waals surface area contributed by atoms with E-state index >= 15 is 0 Å². The second kappa shape index (κ2) is 9.78. The Morgan fingerprint density at radius 1 is 1.27 bits per heavy atom. The van der Waals surface area contributed by atoms with Gasteiger partial charge in [-0.15, -0.1) is 0 Å². The Labute approximate surface area is 183 Å². The number of methoxy groups -OCH3 is 1. The number of hydrogen-bond donors (Lipinski definition) is 2. The molecule has 162 valence electrons. The second-order valence-electron chi connectivity index (χ2n) is 6.80. The summed E-state index contributed by atoms with van der Waals surface area (Å²) in [5, 5.41) is 7.90. The van der Waals surface area contributed by atoms with Gasteiger partial charge in [-0.25, -0.2) is 13.6 Å². The van der Waals surface area contributed by atoms with Gasteiger partial charge in [0.05, 0.1) is 23.7 Å². The van der Waals surface area contributed by atoms with E-state index in [9.17, 15) is 13.2 Å². The number of primary sulfonamides is 1. The van der Waals surface area contributed by atoms with E-state index in [1.807, 2.05) is 6.07 Å². The van der Waals surface area contributed by atoms with Crippen molar-refractivity contribution in [3.05, 3.63) is 52.0 Å². The van der Waals surface area contributed by atoms with Gasteiger partial charge in [0.15, 0.2) is 11.5 Å². The van der Waals surface area contributed by atoms with E-state index in [1.165, 1.54) is 18.2 Å². The first kappa shape index (κ1) is 22.5. The molecule has 0 aliphatic carbocycles. The first-order valence-corrected chi connectivity index (χ1v) is 11.6. The van der Waals surface area contributed by atoms with Crippen LogP contribution in [0.15, 0.2) is 45.8 Å². The average molecular weight is 499 g/mol. The lowest BCUT2D eigenvalue weighted by Crippen LogP contribution is -2.24. The molecule has 0 saturated carbocycles. The molecule has 1 atom stereocenters. The van der Waals surface area contributed by atoms with Crippen molar-refractivity contribution in [2.24, 2.45) is 5.14 Å². The van der Waals surface area contributed by atoms with Gasteiger partial charge in [0.25, 0.3) is 5.91 Å². The lowest BCUT2D eigenvalue weighted by molar-refractivity contribution is 0.0669. The second-order valence-corrected chi connectivity index (χ2v) is 9.22. The molecule has 1 unspecified atom stereocenters. The number of ether oxygens (including phenoxy) is 3. The first-order valence-electron chi connectivity index (χ1n) is 9.30. The molecule has 1 amide bonds. The highest BCUT2D eigenvalue weighted by Gasteiger charge is 2.18. The lowest BCUT2D eigenvalue weighted by Gasteiger charge is -2.15. The van der Waals surface area contributed by atoms with Gasteiger partial charge in [-0.3, -0.25) is 4.79 Å². The lowest BCUT2D eigenvalue weighted by atomic mass is 10.1. The van der Waals surface area contributed by atoms with Crippen LogP contribution in [0.3, 0.4) is 0 Å². The highest BCUT2D eigenvalue weighted by atomic mass is 79.9. The molecule has 10 heteroatoms. The van der Waals surface area contributed by atoms with Crippen molar-refractivity contribution in [1.29, 1.82) is 0 Å². The fourth-order valence-electron chi connectivity index (χ4n) is 3.03. The Morgan fingerprint density at radius 3 is 2.73 bits per heavy atom. The quantitative estimate of drug-likeness (QED) is 0.577. The predicted molar refractivity (Wildman–Crippen MR) is 114 cm³/mol. The van der Waals surface area contributed by atoms with E-state index in [-0.39, 0.29) is 23.1 Å². The van der Waals surface area contributed by atoms with Crippen molar-refractivity contribution >= 4 is 31.9 Å². The molecular formula is C20H23BrN2O6S. The minimum Gasteiger partial charge on any atom is -0.493 e. The summed E-state index contributed by atoms with van der Waals surface area (Å²) < 4.78 is 40.3. The van der Waals surface area contributed by atoms with Crippen molar-refractivity contribution in [2.45, 2.75) is 30.4 Å². The Kier molecular flexibility index (Phi) is 7.35. The summed E-state index contributed by atoms with van der Waals surface area (Å²) in [7, 11) is -2.36. The van der Waals surface area contributed by atoms with Gasteiger partial charge in [-0.1, -0.05) is 6.07 Å². The number of rotatable bonds is 8. The van der Waals surface area contributed by atoms with Crippen molar-refractivity contribution in [1.82, 2.24) is 5.32 Å². The Bertz CT molecular complexity index is 1020. The number of hydrogen-bond acceptors (Lipinski definition) is 6. The van der Waals surface area contributed by atoms with Gasteiger partial charge in [0.1, 0.15) is 6.61 Å². The number of sulfonamides is 1. The Morgan fingerprint density at radius 2 is 2.07 bits per heavy atom. The molecule has 8 nitrogen and oxygen atoms in total. The van der Waals surface area contributed by atoms with Crippen LogP contribution in [-0.2, 0) is 21.3 Å². The summed E-state index contributed by atoms with van der Waals surface area (Å²) in [5.74, 6) is 0.717. The van der Waals surface area contributed by atoms with Crippen LogP contribution in [0.1, 0.15) is 28.8 Å². The van der Waals surface area contributed by atoms with Crippen LogP contribution in [0.4, 0.5) is 0 Å². The minimum atomic E-state index is -3.91. The highest BCUT2D eigenvalue weighted by Crippen LogP contribution is 2.29. The van der Waals surface area contributed by atoms with Gasteiger partial charge < -0.3 is 19.5 Å². The molecule has 2 aromatic carbocycles. The van der Waals surface area contributed by atoms with E-state index in [0.29, 0.717) is 22.6 Å². The summed E-state index contributed by atoms with van der Waals surface area (Å²) in [6.45, 7) is 1.44. The molecule has 3 rings (SSSR count). The van der Waals surface area contributed by atoms with E-state index in [0.717, 1.165) is 25.0 Å². The highest BCUT2D eigenvalue weighted by molar-refractivity contribution is 9.10. The van der Waals surface area contributed by atoms with Gasteiger partial charge in [-0.2, -0.15) is 0 Å². The molecule has 0 bridgehead atoms. The fraction of sp³-hybridized carbons (Fsp3) is 0.350. The monoisotopic (exact) mass is 498 g/mol. The number of carbonyl (C=O) groups is 1. The summed E-state index contributed by atoms with van der Waals surface area (Å²) in [6.07, 6.45) is 2.12. The third-order valence-corrected chi connectivity index (χ3v) is 6.24. The van der Waals surface area contributed by atoms with Gasteiger partial charge >= 0.3 is 0 Å². The van der Waals surface area contributed by atoms with E-state index in [1.54, 1.807) is 19.2 Å². The summed E-state index contributed by atoms with van der Waals surface area (Å²) >= 11 is 3.26. The van der Waals surface area contributed by atoms with Crippen LogP contribution in [-0.4, -0.2) is 40.8 Å². The number of nitrogens with one attached hydrogen (secondary N) is 1. The van der Waals surface area contributed by atoms with Gasteiger partial charge in [0.2, 0.25) is 10.0 Å². The molecule has 0 aromatic heterocycles. The standard InChI is InChI=1S/C20H23BrN2O6S/c1-27-19-9-13(4-7-18(19)29-12-14-3-2-8-28-14)11-23-20(24)16-10-15(30(22,25)26)5-6-17(16)21/h4-7,9-10,14H,2-3,8,11-12H2,1H3,(H,23,24)(H2,22,25,26). The molecule has 1 aliphatic rings. The third kappa shape index (κ3) is 5.72. The van der Waals surface area contributed by atoms with Crippen LogP contribution in [0.25, 0.3) is 0 Å². The minimum absolute atomic E-state index is 0.0974. The van der Waals surface area contributed by atoms with Crippen LogP contribution in [0.2, 0.25) is 0 Å². The maximum atomic E-state index is 12.5. The normalized spacial score (nSPS) is 16.3. The van der Waals surface area contributed by atoms with Crippen molar-refractivity contribution in [3.63, 3.8) is 0 Å². The molecule has 1 saturated heterocycles. The van der Waals surface area contributed by atoms with Gasteiger partial charge in [0, 0.05) is 17.6 Å². The third-order valence-electron chi connectivity index (χ3n) is 4.64. The van der Waals surface area contributed by atoms with Crippen LogP contribution in [0.5, 0.6) is 11.5 Å². The average Bonchev–Trinajstić information content (AvgIpc) is 3.23. The van der Waals surface area contributed by atoms with Crippen molar-refractivity contribution < 1.29 is 27.4 Å². The topological polar surface area (TPSA) is 117 Å². The largest absolute Gasteiger partial charge is 0.493 e. The molecule has 2 aromatic rings. The van der Waals surface area contributed by atoms with Crippen molar-refractivity contribution in [3.8, 4) is 11.5 Å². The van der Waals surface area contributed by atoms with Gasteiger partial charge in [-0.05, 0) is 64.7 Å². The Balaban J connectivity index is 1.66. The molecule has 3 N–H and O–H groups in total. The maximum Gasteiger partial charge on any atom is 0.252 e. The molecule has 1 heterocycles. The van der Waals surface area contributed by atoms with E-state index < -0.39 is 15.9 Å². The molecule has 0 spiro atoms. The number of amides is 1. The number of halogens is 1. The van der Waals surface area contributed by atoms with Crippen LogP contribution in [0, 0.1) is 0 Å². The first-order chi connectivity index (χ1) is 14.3. The van der Waals surface area contributed by atoms with Crippen LogP contribution >= 0.6 is 15.9 Å². The molecule has 0 radical (unpaired) electrons. The summed E-state index contributed by atoms with van der Waals surface area (Å²) in [4.78, 5) is 12.4. The SMILES string of the molecule is COc1cc(CNC(=O)c2cc(S(N)(=O)=O)ccc2Br)ccc1OCC1CCCO1. The zero-order chi connectivity index (χ0) is 21.7. The molecule has 30 heavy (non-hydrogen) atoms. The van der Waals surface area contributed by atoms with Crippen LogP contribution < -0.4 is 19.9 Å². The predicted octanol–water partition coefficient (Wildman–Crippen LogP) is 2.59. The number of carbonyl (C=O) groups excluding carboxylic acids is 1. The Hall–Kier alpha value is -2.14. The zero-order valence-corrected chi connectivity index (χ0v) is 18.8. The van der Waals surface area contributed by atoms with Crippen molar-refractivity contribution in [2.75, 3.05) is 20.3 Å². The summed E-state index contributed by atoms with van der Waals surface area (Å²) in [5.41, 5.74) is 0.966. The smallest absolute Gasteiger partial charge is 0.252 e. The fourth-order valence-corrected chi connectivity index (χ4v) is 4.00. The zero-order valence-electron chi connectivity index (χ0n) is 16.4. The molecular weight excluding hydrogens is 476 g/mol. The number of benzene rings is 2. The molecule has 1 aliphatic heterocycles. The van der Waals surface area contributed by atoms with E-state index in [2.05, 4.69) is 21.2 Å². The van der Waals surface area contributed by atoms with E-state index in [4.69, 9.17) is 19.3 Å². The number of nitrogens with two attached hydrogens (primary N) is 1.